The van der Waals surface area contributed by atoms with Gasteiger partial charge in [0.05, 0.1) is 6.42 Å². The second kappa shape index (κ2) is 7.60. The number of amides is 2. The molecule has 1 saturated heterocycles. The SMILES string of the molecule is CC1=C(C(=O)OC(C)(C)C)N2C(=O)C(NC(=O)Cc3ccccc3)[C@H]2[S+]([O-])C1. The van der Waals surface area contributed by atoms with Crippen LogP contribution in [0.2, 0.25) is 0 Å². The highest BCUT2D eigenvalue weighted by Gasteiger charge is 2.60. The van der Waals surface area contributed by atoms with Crippen molar-refractivity contribution in [1.29, 1.82) is 0 Å². The molecule has 8 heteroatoms. The summed E-state index contributed by atoms with van der Waals surface area (Å²) in [6.07, 6.45) is 0.123. The normalized spacial score (nSPS) is 24.4. The lowest BCUT2D eigenvalue weighted by Gasteiger charge is -2.49. The maximum Gasteiger partial charge on any atom is 0.355 e. The van der Waals surface area contributed by atoms with E-state index in [9.17, 15) is 18.9 Å². The Kier molecular flexibility index (Phi) is 5.54. The molecule has 28 heavy (non-hydrogen) atoms. The van der Waals surface area contributed by atoms with Gasteiger partial charge in [0.1, 0.15) is 17.1 Å². The number of ether oxygens (including phenoxy) is 1. The molecule has 0 saturated carbocycles. The van der Waals surface area contributed by atoms with Crippen LogP contribution >= 0.6 is 0 Å². The van der Waals surface area contributed by atoms with Gasteiger partial charge in [0.15, 0.2) is 6.04 Å². The van der Waals surface area contributed by atoms with Gasteiger partial charge in [0.2, 0.25) is 11.3 Å². The smallest absolute Gasteiger partial charge is 0.355 e. The van der Waals surface area contributed by atoms with Crippen molar-refractivity contribution in [3.8, 4) is 0 Å². The summed E-state index contributed by atoms with van der Waals surface area (Å²) in [4.78, 5) is 38.8. The largest absolute Gasteiger partial charge is 0.614 e. The number of fused-ring (bicyclic) bond motifs is 1. The molecular weight excluding hydrogens is 380 g/mol. The standard InChI is InChI=1S/C20H24N2O5S/c1-12-11-28(26)18-15(21-14(23)10-13-8-6-5-7-9-13)17(24)22(18)16(12)19(25)27-20(2,3)4/h5-9,15,18H,10-11H2,1-4H3,(H,21,23)/t15?,18-,28?/m1/s1. The number of carbonyl (C=O) groups is 3. The molecule has 150 valence electrons. The van der Waals surface area contributed by atoms with E-state index in [-0.39, 0.29) is 23.8 Å². The number of benzene rings is 1. The van der Waals surface area contributed by atoms with Crippen molar-refractivity contribution in [3.05, 3.63) is 47.2 Å². The summed E-state index contributed by atoms with van der Waals surface area (Å²) in [7, 11) is 0. The molecular formula is C20H24N2O5S. The van der Waals surface area contributed by atoms with E-state index in [0.717, 1.165) is 5.56 Å². The number of hydrogen-bond donors (Lipinski definition) is 1. The first kappa shape index (κ1) is 20.4. The summed E-state index contributed by atoms with van der Waals surface area (Å²) in [5, 5.41) is 1.92. The lowest BCUT2D eigenvalue weighted by Crippen LogP contribution is -2.74. The number of β-lactam (4-membered cyclic amide) rings is 1. The van der Waals surface area contributed by atoms with Crippen molar-refractivity contribution < 1.29 is 23.7 Å². The molecule has 0 aliphatic carbocycles. The molecule has 1 aromatic rings. The number of nitrogens with one attached hydrogen (secondary N) is 1. The third-order valence-corrected chi connectivity index (χ3v) is 6.17. The molecule has 0 bridgehead atoms. The Balaban J connectivity index is 1.73. The second-order valence-corrected chi connectivity index (χ2v) is 9.50. The number of rotatable bonds is 4. The summed E-state index contributed by atoms with van der Waals surface area (Å²) in [6.45, 7) is 6.89. The van der Waals surface area contributed by atoms with E-state index in [1.165, 1.54) is 4.90 Å². The van der Waals surface area contributed by atoms with Crippen LogP contribution in [0.1, 0.15) is 33.3 Å². The Morgan fingerprint density at radius 2 is 1.93 bits per heavy atom. The molecule has 7 nitrogen and oxygen atoms in total. The molecule has 2 aliphatic rings. The molecule has 1 N–H and O–H groups in total. The van der Waals surface area contributed by atoms with Crippen LogP contribution in [0.5, 0.6) is 0 Å². The Morgan fingerprint density at radius 1 is 1.29 bits per heavy atom. The zero-order chi connectivity index (χ0) is 20.6. The zero-order valence-electron chi connectivity index (χ0n) is 16.4. The quantitative estimate of drug-likeness (QED) is 0.463. The van der Waals surface area contributed by atoms with Gasteiger partial charge in [-0.25, -0.2) is 4.79 Å². The van der Waals surface area contributed by atoms with Crippen LogP contribution in [0.15, 0.2) is 41.6 Å². The van der Waals surface area contributed by atoms with Crippen LogP contribution in [0.3, 0.4) is 0 Å². The minimum absolute atomic E-state index is 0.123. The van der Waals surface area contributed by atoms with Gasteiger partial charge in [-0.15, -0.1) is 0 Å². The second-order valence-electron chi connectivity index (χ2n) is 7.96. The lowest BCUT2D eigenvalue weighted by atomic mass is 10.0. The van der Waals surface area contributed by atoms with Crippen molar-refractivity contribution in [2.45, 2.75) is 51.1 Å². The van der Waals surface area contributed by atoms with Crippen LogP contribution in [-0.4, -0.2) is 50.0 Å². The van der Waals surface area contributed by atoms with E-state index in [4.69, 9.17) is 4.74 Å². The molecule has 0 spiro atoms. The van der Waals surface area contributed by atoms with Crippen molar-refractivity contribution in [2.24, 2.45) is 0 Å². The molecule has 2 heterocycles. The van der Waals surface area contributed by atoms with Gasteiger partial charge in [-0.1, -0.05) is 30.3 Å². The molecule has 0 aromatic heterocycles. The first-order valence-electron chi connectivity index (χ1n) is 9.05. The minimum Gasteiger partial charge on any atom is -0.614 e. The third kappa shape index (κ3) is 4.07. The van der Waals surface area contributed by atoms with Gasteiger partial charge < -0.3 is 14.6 Å². The van der Waals surface area contributed by atoms with Crippen molar-refractivity contribution in [1.82, 2.24) is 10.2 Å². The molecule has 3 atom stereocenters. The van der Waals surface area contributed by atoms with E-state index in [1.54, 1.807) is 27.7 Å². The summed E-state index contributed by atoms with van der Waals surface area (Å²) < 4.78 is 18.0. The monoisotopic (exact) mass is 404 g/mol. The predicted octanol–water partition coefficient (Wildman–Crippen LogP) is 1.26. The van der Waals surface area contributed by atoms with E-state index in [1.807, 2.05) is 30.3 Å². The van der Waals surface area contributed by atoms with Crippen LogP contribution in [0.25, 0.3) is 0 Å². The van der Waals surface area contributed by atoms with E-state index >= 15 is 0 Å². The average Bonchev–Trinajstić information content (AvgIpc) is 2.58. The van der Waals surface area contributed by atoms with Gasteiger partial charge in [-0.05, 0) is 44.4 Å². The van der Waals surface area contributed by atoms with Gasteiger partial charge in [-0.3, -0.25) is 14.5 Å². The highest BCUT2D eigenvalue weighted by Crippen LogP contribution is 2.37. The van der Waals surface area contributed by atoms with Crippen LogP contribution < -0.4 is 5.32 Å². The Hall–Kier alpha value is -2.32. The molecule has 2 amide bonds. The average molecular weight is 404 g/mol. The Bertz CT molecular complexity index is 831. The van der Waals surface area contributed by atoms with Gasteiger partial charge >= 0.3 is 5.97 Å². The van der Waals surface area contributed by atoms with E-state index < -0.39 is 40.1 Å². The summed E-state index contributed by atoms with van der Waals surface area (Å²) >= 11 is -1.41. The maximum atomic E-state index is 12.7. The summed E-state index contributed by atoms with van der Waals surface area (Å²) in [6, 6.07) is 8.25. The van der Waals surface area contributed by atoms with Gasteiger partial charge in [-0.2, -0.15) is 0 Å². The topological polar surface area (TPSA) is 98.8 Å². The van der Waals surface area contributed by atoms with Crippen LogP contribution in [-0.2, 0) is 36.7 Å². The molecule has 2 unspecified atom stereocenters. The Morgan fingerprint density at radius 3 is 2.54 bits per heavy atom. The third-order valence-electron chi connectivity index (χ3n) is 4.43. The number of nitrogens with zero attached hydrogens (tertiary/aromatic N) is 1. The van der Waals surface area contributed by atoms with Crippen molar-refractivity contribution in [3.63, 3.8) is 0 Å². The number of esters is 1. The Labute approximate surface area is 167 Å². The zero-order valence-corrected chi connectivity index (χ0v) is 17.2. The van der Waals surface area contributed by atoms with Crippen LogP contribution in [0.4, 0.5) is 0 Å². The molecule has 2 aliphatic heterocycles. The fraction of sp³-hybridized carbons (Fsp3) is 0.450. The first-order chi connectivity index (χ1) is 13.1. The summed E-state index contributed by atoms with van der Waals surface area (Å²) in [5.74, 6) is -1.23. The van der Waals surface area contributed by atoms with Crippen LogP contribution in [0, 0.1) is 0 Å². The van der Waals surface area contributed by atoms with Gasteiger partial charge in [0.25, 0.3) is 5.91 Å². The predicted molar refractivity (Wildman–Crippen MR) is 104 cm³/mol. The summed E-state index contributed by atoms with van der Waals surface area (Å²) in [5.41, 5.74) is 0.788. The molecule has 0 radical (unpaired) electrons. The minimum atomic E-state index is -1.41. The highest BCUT2D eigenvalue weighted by atomic mass is 32.2. The van der Waals surface area contributed by atoms with Gasteiger partial charge in [0, 0.05) is 5.57 Å². The van der Waals surface area contributed by atoms with E-state index in [0.29, 0.717) is 5.57 Å². The first-order valence-corrected chi connectivity index (χ1v) is 10.4. The molecule has 1 aromatic carbocycles. The van der Waals surface area contributed by atoms with E-state index in [2.05, 4.69) is 5.32 Å². The van der Waals surface area contributed by atoms with Crippen molar-refractivity contribution in [2.75, 3.05) is 5.75 Å². The maximum absolute atomic E-state index is 12.7. The lowest BCUT2D eigenvalue weighted by molar-refractivity contribution is -0.159. The number of hydrogen-bond acceptors (Lipinski definition) is 5. The highest BCUT2D eigenvalue weighted by molar-refractivity contribution is 7.92. The number of carbonyl (C=O) groups excluding carboxylic acids is 3. The van der Waals surface area contributed by atoms with Crippen molar-refractivity contribution >= 4 is 29.0 Å². The molecule has 1 fully saturated rings. The fourth-order valence-corrected chi connectivity index (χ4v) is 4.95. The fourth-order valence-electron chi connectivity index (χ4n) is 3.28. The molecule has 3 rings (SSSR count).